The molecular weight excluding hydrogens is 311 g/mol. The van der Waals surface area contributed by atoms with E-state index < -0.39 is 18.6 Å². The summed E-state index contributed by atoms with van der Waals surface area (Å²) in [5, 5.41) is 4.54. The third-order valence-corrected chi connectivity index (χ3v) is 3.07. The summed E-state index contributed by atoms with van der Waals surface area (Å²) in [7, 11) is 0. The van der Waals surface area contributed by atoms with Crippen LogP contribution < -0.4 is 10.6 Å². The van der Waals surface area contributed by atoms with Crippen LogP contribution in [0.4, 0.5) is 18.9 Å². The van der Waals surface area contributed by atoms with Crippen molar-refractivity contribution in [1.29, 1.82) is 0 Å². The van der Waals surface area contributed by atoms with Crippen LogP contribution in [0, 0.1) is 0 Å². The molecular formula is C15H20F3N3O2. The van der Waals surface area contributed by atoms with Crippen molar-refractivity contribution in [2.75, 3.05) is 25.0 Å². The van der Waals surface area contributed by atoms with Gasteiger partial charge in [0.15, 0.2) is 0 Å². The Bertz CT molecular complexity index is 547. The fourth-order valence-corrected chi connectivity index (χ4v) is 1.89. The van der Waals surface area contributed by atoms with E-state index >= 15 is 0 Å². The molecule has 0 fully saturated rings. The van der Waals surface area contributed by atoms with E-state index in [1.54, 1.807) is 28.4 Å². The first-order valence-corrected chi connectivity index (χ1v) is 7.13. The lowest BCUT2D eigenvalue weighted by atomic mass is 10.2. The number of rotatable bonds is 7. The van der Waals surface area contributed by atoms with Crippen LogP contribution in [-0.4, -0.2) is 42.5 Å². The summed E-state index contributed by atoms with van der Waals surface area (Å²) < 4.78 is 36.0. The Labute approximate surface area is 132 Å². The molecule has 0 aliphatic carbocycles. The number of halogens is 3. The fourth-order valence-electron chi connectivity index (χ4n) is 1.89. The molecule has 23 heavy (non-hydrogen) atoms. The average molecular weight is 331 g/mol. The SMILES string of the molecule is CCN(Cc1cccc(NCC(=O)NCC(F)(F)F)c1)C(C)=O. The first-order chi connectivity index (χ1) is 10.7. The Morgan fingerprint density at radius 1 is 1.26 bits per heavy atom. The summed E-state index contributed by atoms with van der Waals surface area (Å²) in [6.07, 6.45) is -4.42. The van der Waals surface area contributed by atoms with Gasteiger partial charge in [0, 0.05) is 25.7 Å². The predicted molar refractivity (Wildman–Crippen MR) is 80.8 cm³/mol. The summed E-state index contributed by atoms with van der Waals surface area (Å²) in [5.41, 5.74) is 1.46. The molecule has 0 unspecified atom stereocenters. The number of hydrogen-bond donors (Lipinski definition) is 2. The molecule has 2 N–H and O–H groups in total. The van der Waals surface area contributed by atoms with Gasteiger partial charge in [-0.1, -0.05) is 12.1 Å². The predicted octanol–water partition coefficient (Wildman–Crippen LogP) is 2.15. The van der Waals surface area contributed by atoms with Crippen LogP contribution in [0.25, 0.3) is 0 Å². The van der Waals surface area contributed by atoms with Gasteiger partial charge in [0.25, 0.3) is 0 Å². The first-order valence-electron chi connectivity index (χ1n) is 7.13. The zero-order valence-corrected chi connectivity index (χ0v) is 13.0. The normalized spacial score (nSPS) is 11.0. The molecule has 8 heteroatoms. The van der Waals surface area contributed by atoms with E-state index in [-0.39, 0.29) is 12.5 Å². The highest BCUT2D eigenvalue weighted by Gasteiger charge is 2.27. The maximum atomic E-state index is 12.0. The molecule has 0 aliphatic rings. The molecule has 0 aliphatic heterocycles. The molecule has 1 aromatic rings. The second-order valence-corrected chi connectivity index (χ2v) is 4.98. The van der Waals surface area contributed by atoms with E-state index in [4.69, 9.17) is 0 Å². The summed E-state index contributed by atoms with van der Waals surface area (Å²) in [4.78, 5) is 24.4. The topological polar surface area (TPSA) is 61.4 Å². The van der Waals surface area contributed by atoms with Crippen molar-refractivity contribution in [1.82, 2.24) is 10.2 Å². The number of nitrogens with one attached hydrogen (secondary N) is 2. The fraction of sp³-hybridized carbons (Fsp3) is 0.467. The van der Waals surface area contributed by atoms with Crippen molar-refractivity contribution in [2.45, 2.75) is 26.6 Å². The maximum Gasteiger partial charge on any atom is 0.405 e. The van der Waals surface area contributed by atoms with Crippen LogP contribution in [0.2, 0.25) is 0 Å². The molecule has 1 rings (SSSR count). The second kappa shape index (κ2) is 8.40. The van der Waals surface area contributed by atoms with Crippen LogP contribution >= 0.6 is 0 Å². The lowest BCUT2D eigenvalue weighted by molar-refractivity contribution is -0.137. The van der Waals surface area contributed by atoms with Gasteiger partial charge in [-0.3, -0.25) is 9.59 Å². The van der Waals surface area contributed by atoms with E-state index in [1.165, 1.54) is 6.92 Å². The van der Waals surface area contributed by atoms with E-state index in [9.17, 15) is 22.8 Å². The number of amides is 2. The minimum absolute atomic E-state index is 0.0441. The number of carbonyl (C=O) groups excluding carboxylic acids is 2. The molecule has 0 heterocycles. The smallest absolute Gasteiger partial charge is 0.376 e. The van der Waals surface area contributed by atoms with Gasteiger partial charge in [-0.05, 0) is 24.6 Å². The highest BCUT2D eigenvalue weighted by atomic mass is 19.4. The third kappa shape index (κ3) is 7.53. The number of anilines is 1. The Morgan fingerprint density at radius 3 is 2.52 bits per heavy atom. The van der Waals surface area contributed by atoms with Gasteiger partial charge in [-0.25, -0.2) is 0 Å². The molecule has 0 atom stereocenters. The van der Waals surface area contributed by atoms with Crippen molar-refractivity contribution in [3.8, 4) is 0 Å². The number of alkyl halides is 3. The standard InChI is InChI=1S/C15H20F3N3O2/c1-3-21(11(2)22)9-12-5-4-6-13(7-12)19-8-14(23)20-10-15(16,17)18/h4-7,19H,3,8-10H2,1-2H3,(H,20,23). The number of nitrogens with zero attached hydrogens (tertiary/aromatic N) is 1. The molecule has 1 aromatic carbocycles. The average Bonchev–Trinajstić information content (AvgIpc) is 2.48. The summed E-state index contributed by atoms with van der Waals surface area (Å²) in [6, 6.07) is 7.03. The Balaban J connectivity index is 2.54. The molecule has 0 bridgehead atoms. The maximum absolute atomic E-state index is 12.0. The van der Waals surface area contributed by atoms with Gasteiger partial charge >= 0.3 is 6.18 Å². The number of benzene rings is 1. The zero-order chi connectivity index (χ0) is 17.5. The van der Waals surface area contributed by atoms with Crippen molar-refractivity contribution in [3.63, 3.8) is 0 Å². The van der Waals surface area contributed by atoms with Gasteiger partial charge in [0.05, 0.1) is 6.54 Å². The van der Waals surface area contributed by atoms with Crippen molar-refractivity contribution in [2.24, 2.45) is 0 Å². The third-order valence-electron chi connectivity index (χ3n) is 3.07. The number of hydrogen-bond acceptors (Lipinski definition) is 3. The van der Waals surface area contributed by atoms with Crippen molar-refractivity contribution < 1.29 is 22.8 Å². The van der Waals surface area contributed by atoms with Crippen LogP contribution in [0.1, 0.15) is 19.4 Å². The Morgan fingerprint density at radius 2 is 1.96 bits per heavy atom. The molecule has 5 nitrogen and oxygen atoms in total. The summed E-state index contributed by atoms with van der Waals surface area (Å²) in [5.74, 6) is -0.788. The Hall–Kier alpha value is -2.25. The van der Waals surface area contributed by atoms with E-state index in [1.807, 2.05) is 13.0 Å². The van der Waals surface area contributed by atoms with Gasteiger partial charge < -0.3 is 15.5 Å². The van der Waals surface area contributed by atoms with Gasteiger partial charge in [0.2, 0.25) is 11.8 Å². The highest BCUT2D eigenvalue weighted by molar-refractivity contribution is 5.80. The molecule has 0 saturated heterocycles. The second-order valence-electron chi connectivity index (χ2n) is 4.98. The van der Waals surface area contributed by atoms with Crippen LogP contribution in [-0.2, 0) is 16.1 Å². The summed E-state index contributed by atoms with van der Waals surface area (Å²) in [6.45, 7) is 2.75. The first kappa shape index (κ1) is 18.8. The van der Waals surface area contributed by atoms with Crippen LogP contribution in [0.15, 0.2) is 24.3 Å². The van der Waals surface area contributed by atoms with Crippen LogP contribution in [0.5, 0.6) is 0 Å². The lowest BCUT2D eigenvalue weighted by Crippen LogP contribution is -2.37. The molecule has 0 spiro atoms. The summed E-state index contributed by atoms with van der Waals surface area (Å²) >= 11 is 0. The molecule has 128 valence electrons. The van der Waals surface area contributed by atoms with E-state index in [0.29, 0.717) is 18.8 Å². The Kier molecular flexibility index (Phi) is 6.87. The van der Waals surface area contributed by atoms with Crippen molar-refractivity contribution in [3.05, 3.63) is 29.8 Å². The van der Waals surface area contributed by atoms with E-state index in [2.05, 4.69) is 5.32 Å². The number of carbonyl (C=O) groups is 2. The van der Waals surface area contributed by atoms with Crippen molar-refractivity contribution >= 4 is 17.5 Å². The molecule has 2 amide bonds. The monoisotopic (exact) mass is 331 g/mol. The molecule has 0 saturated carbocycles. The zero-order valence-electron chi connectivity index (χ0n) is 13.0. The van der Waals surface area contributed by atoms with Gasteiger partial charge in [-0.2, -0.15) is 13.2 Å². The molecule has 0 aromatic heterocycles. The van der Waals surface area contributed by atoms with E-state index in [0.717, 1.165) is 5.56 Å². The highest BCUT2D eigenvalue weighted by Crippen LogP contribution is 2.13. The quantitative estimate of drug-likeness (QED) is 0.805. The minimum Gasteiger partial charge on any atom is -0.376 e. The van der Waals surface area contributed by atoms with Crippen LogP contribution in [0.3, 0.4) is 0 Å². The minimum atomic E-state index is -4.42. The lowest BCUT2D eigenvalue weighted by Gasteiger charge is -2.19. The van der Waals surface area contributed by atoms with Gasteiger partial charge in [-0.15, -0.1) is 0 Å². The van der Waals surface area contributed by atoms with Gasteiger partial charge in [0.1, 0.15) is 6.54 Å². The molecule has 0 radical (unpaired) electrons. The largest absolute Gasteiger partial charge is 0.405 e.